The zero-order chi connectivity index (χ0) is 15.9. The second kappa shape index (κ2) is 7.80. The monoisotopic (exact) mass is 298 g/mol. The summed E-state index contributed by atoms with van der Waals surface area (Å²) in [6.07, 6.45) is 0.968. The van der Waals surface area contributed by atoms with E-state index in [4.69, 9.17) is 9.47 Å². The van der Waals surface area contributed by atoms with E-state index in [1.54, 1.807) is 6.92 Å². The van der Waals surface area contributed by atoms with Crippen molar-refractivity contribution in [3.63, 3.8) is 0 Å². The number of benzene rings is 1. The second-order valence-electron chi connectivity index (χ2n) is 5.05. The van der Waals surface area contributed by atoms with Gasteiger partial charge < -0.3 is 19.9 Å². The fourth-order valence-corrected chi connectivity index (χ4v) is 1.71. The van der Waals surface area contributed by atoms with E-state index in [0.717, 1.165) is 13.0 Å². The van der Waals surface area contributed by atoms with Gasteiger partial charge in [0.1, 0.15) is 12.2 Å². The lowest BCUT2D eigenvalue weighted by Gasteiger charge is -2.24. The third kappa shape index (κ3) is 5.57. The molecule has 0 saturated heterocycles. The molecule has 7 nitrogen and oxygen atoms in total. The van der Waals surface area contributed by atoms with Gasteiger partial charge in [-0.2, -0.15) is 0 Å². The lowest BCUT2D eigenvalue weighted by molar-refractivity contribution is -0.385. The van der Waals surface area contributed by atoms with Gasteiger partial charge in [-0.05, 0) is 26.0 Å². The lowest BCUT2D eigenvalue weighted by Crippen LogP contribution is -2.43. The van der Waals surface area contributed by atoms with E-state index in [-0.39, 0.29) is 18.0 Å². The van der Waals surface area contributed by atoms with Crippen LogP contribution >= 0.6 is 0 Å². The summed E-state index contributed by atoms with van der Waals surface area (Å²) < 4.78 is 10.6. The highest BCUT2D eigenvalue weighted by atomic mass is 16.6. The first-order chi connectivity index (χ1) is 9.89. The smallest absolute Gasteiger partial charge is 0.273 e. The molecule has 7 heteroatoms. The van der Waals surface area contributed by atoms with E-state index in [9.17, 15) is 15.2 Å². The van der Waals surface area contributed by atoms with E-state index in [1.165, 1.54) is 25.3 Å². The van der Waals surface area contributed by atoms with Gasteiger partial charge in [0.2, 0.25) is 0 Å². The van der Waals surface area contributed by atoms with Gasteiger partial charge in [-0.25, -0.2) is 0 Å². The third-order valence-electron chi connectivity index (χ3n) is 2.83. The van der Waals surface area contributed by atoms with Gasteiger partial charge in [-0.15, -0.1) is 0 Å². The molecule has 1 atom stereocenters. The van der Waals surface area contributed by atoms with Crippen LogP contribution in [0.3, 0.4) is 0 Å². The minimum Gasteiger partial charge on any atom is -0.493 e. The normalized spacial score (nSPS) is 13.5. The van der Waals surface area contributed by atoms with Crippen LogP contribution in [0.25, 0.3) is 0 Å². The Morgan fingerprint density at radius 2 is 2.14 bits per heavy atom. The molecule has 0 radical (unpaired) electrons. The molecule has 0 aliphatic carbocycles. The summed E-state index contributed by atoms with van der Waals surface area (Å²) in [4.78, 5) is 10.3. The zero-order valence-electron chi connectivity index (χ0n) is 12.6. The maximum atomic E-state index is 10.8. The molecule has 2 N–H and O–H groups in total. The van der Waals surface area contributed by atoms with Crippen LogP contribution in [0.15, 0.2) is 18.2 Å². The molecule has 0 heterocycles. The summed E-state index contributed by atoms with van der Waals surface area (Å²) in [5.74, 6) is 0.625. The van der Waals surface area contributed by atoms with Crippen molar-refractivity contribution in [1.29, 1.82) is 0 Å². The van der Waals surface area contributed by atoms with Crippen LogP contribution < -0.4 is 14.8 Å². The molecule has 0 aromatic heterocycles. The minimum atomic E-state index is -1.08. The van der Waals surface area contributed by atoms with Crippen LogP contribution in [0, 0.1) is 10.1 Å². The van der Waals surface area contributed by atoms with E-state index in [2.05, 4.69) is 5.32 Å². The maximum absolute atomic E-state index is 10.8. The summed E-state index contributed by atoms with van der Waals surface area (Å²) in [5.41, 5.74) is -1.17. The molecule has 21 heavy (non-hydrogen) atoms. The summed E-state index contributed by atoms with van der Waals surface area (Å²) in [6.45, 7) is 4.85. The van der Waals surface area contributed by atoms with Crippen molar-refractivity contribution in [3.8, 4) is 11.5 Å². The number of aliphatic hydroxyl groups is 1. The number of hydrogen-bond donors (Lipinski definition) is 2. The highest BCUT2D eigenvalue weighted by Crippen LogP contribution is 2.31. The fourth-order valence-electron chi connectivity index (χ4n) is 1.71. The molecule has 0 bridgehead atoms. The molecule has 0 amide bonds. The molecule has 0 fully saturated rings. The number of rotatable bonds is 9. The van der Waals surface area contributed by atoms with Crippen LogP contribution in [-0.4, -0.2) is 42.4 Å². The number of nitro benzene ring substituents is 1. The van der Waals surface area contributed by atoms with Gasteiger partial charge in [0.25, 0.3) is 5.69 Å². The van der Waals surface area contributed by atoms with Crippen LogP contribution in [0.5, 0.6) is 11.5 Å². The molecule has 0 spiro atoms. The number of ether oxygens (including phenoxy) is 2. The highest BCUT2D eigenvalue weighted by molar-refractivity contribution is 5.48. The Morgan fingerprint density at radius 1 is 1.43 bits per heavy atom. The van der Waals surface area contributed by atoms with Crippen molar-refractivity contribution in [1.82, 2.24) is 5.32 Å². The number of nitro groups is 1. The Kier molecular flexibility index (Phi) is 6.39. The maximum Gasteiger partial charge on any atom is 0.273 e. The first kappa shape index (κ1) is 17.2. The second-order valence-corrected chi connectivity index (χ2v) is 5.05. The Hall–Kier alpha value is -1.86. The van der Waals surface area contributed by atoms with E-state index in [0.29, 0.717) is 12.3 Å². The van der Waals surface area contributed by atoms with Crippen LogP contribution in [0.4, 0.5) is 5.69 Å². The molecular weight excluding hydrogens is 276 g/mol. The first-order valence-corrected chi connectivity index (χ1v) is 6.78. The van der Waals surface area contributed by atoms with Crippen LogP contribution in [0.2, 0.25) is 0 Å². The Labute approximate surface area is 124 Å². The summed E-state index contributed by atoms with van der Waals surface area (Å²) in [7, 11) is 1.45. The van der Waals surface area contributed by atoms with E-state index in [1.807, 2.05) is 6.92 Å². The predicted octanol–water partition coefficient (Wildman–Crippen LogP) is 1.73. The molecule has 0 saturated carbocycles. The predicted molar refractivity (Wildman–Crippen MR) is 78.9 cm³/mol. The summed E-state index contributed by atoms with van der Waals surface area (Å²) in [5, 5.41) is 24.1. The molecule has 1 unspecified atom stereocenters. The number of non-ortho nitro benzene ring substituents is 1. The van der Waals surface area contributed by atoms with Gasteiger partial charge in [-0.1, -0.05) is 6.92 Å². The third-order valence-corrected chi connectivity index (χ3v) is 2.83. The molecule has 1 aromatic carbocycles. The van der Waals surface area contributed by atoms with Gasteiger partial charge in [0.05, 0.1) is 18.1 Å². The van der Waals surface area contributed by atoms with Crippen molar-refractivity contribution in [3.05, 3.63) is 28.3 Å². The Balaban J connectivity index is 2.72. The SMILES string of the molecule is CCCNCC(C)(O)COc1cc([N+](=O)[O-])ccc1OC. The van der Waals surface area contributed by atoms with Gasteiger partial charge in [-0.3, -0.25) is 10.1 Å². The van der Waals surface area contributed by atoms with Crippen molar-refractivity contribution < 1.29 is 19.5 Å². The topological polar surface area (TPSA) is 93.9 Å². The van der Waals surface area contributed by atoms with Gasteiger partial charge in [0, 0.05) is 12.6 Å². The van der Waals surface area contributed by atoms with Crippen molar-refractivity contribution in [2.45, 2.75) is 25.9 Å². The zero-order valence-corrected chi connectivity index (χ0v) is 12.6. The molecule has 0 aliphatic heterocycles. The van der Waals surface area contributed by atoms with Crippen LogP contribution in [-0.2, 0) is 0 Å². The van der Waals surface area contributed by atoms with Crippen LogP contribution in [0.1, 0.15) is 20.3 Å². The Morgan fingerprint density at radius 3 is 2.71 bits per heavy atom. The summed E-state index contributed by atoms with van der Waals surface area (Å²) in [6, 6.07) is 4.10. The van der Waals surface area contributed by atoms with Gasteiger partial charge in [0.15, 0.2) is 11.5 Å². The van der Waals surface area contributed by atoms with E-state index < -0.39 is 10.5 Å². The molecule has 1 rings (SSSR count). The highest BCUT2D eigenvalue weighted by Gasteiger charge is 2.22. The quantitative estimate of drug-likeness (QED) is 0.410. The molecule has 118 valence electrons. The van der Waals surface area contributed by atoms with Crippen molar-refractivity contribution >= 4 is 5.69 Å². The number of methoxy groups -OCH3 is 1. The number of hydrogen-bond acceptors (Lipinski definition) is 6. The number of nitrogens with one attached hydrogen (secondary N) is 1. The molecule has 0 aliphatic rings. The van der Waals surface area contributed by atoms with Gasteiger partial charge >= 0.3 is 0 Å². The average Bonchev–Trinajstić information content (AvgIpc) is 2.45. The lowest BCUT2D eigenvalue weighted by atomic mass is 10.1. The van der Waals surface area contributed by atoms with E-state index >= 15 is 0 Å². The minimum absolute atomic E-state index is 0.00123. The van der Waals surface area contributed by atoms with Crippen molar-refractivity contribution in [2.75, 3.05) is 26.8 Å². The largest absolute Gasteiger partial charge is 0.493 e. The standard InChI is InChI=1S/C14H22N2O5/c1-4-7-15-9-14(2,17)10-21-13-8-11(16(18)19)5-6-12(13)20-3/h5-6,8,15,17H,4,7,9-10H2,1-3H3. The molecular formula is C14H22N2O5. The van der Waals surface area contributed by atoms with Crippen molar-refractivity contribution in [2.24, 2.45) is 0 Å². The summed E-state index contributed by atoms with van der Waals surface area (Å²) >= 11 is 0. The molecule has 1 aromatic rings. The number of nitrogens with zero attached hydrogens (tertiary/aromatic N) is 1. The average molecular weight is 298 g/mol. The first-order valence-electron chi connectivity index (χ1n) is 6.78. The Bertz CT molecular complexity index is 476. The fraction of sp³-hybridized carbons (Fsp3) is 0.571.